The number of benzene rings is 12. The summed E-state index contributed by atoms with van der Waals surface area (Å²) < 4.78 is 7.67. The number of hydrogen-bond donors (Lipinski definition) is 0. The topological polar surface area (TPSA) is 3.24 Å². The first-order valence-corrected chi connectivity index (χ1v) is 30.2. The maximum absolute atomic E-state index is 2.48. The van der Waals surface area contributed by atoms with Gasteiger partial charge in [-0.3, -0.25) is 0 Å². The predicted molar refractivity (Wildman–Crippen MR) is 362 cm³/mol. The molecular formula is C78H51NS3. The van der Waals surface area contributed by atoms with E-state index in [4.69, 9.17) is 0 Å². The van der Waals surface area contributed by atoms with Gasteiger partial charge in [-0.05, 0) is 158 Å². The van der Waals surface area contributed by atoms with Crippen molar-refractivity contribution in [1.82, 2.24) is 0 Å². The Morgan fingerprint density at radius 1 is 0.195 bits per heavy atom. The minimum absolute atomic E-state index is 1.12. The monoisotopic (exact) mass is 1100 g/mol. The van der Waals surface area contributed by atoms with Crippen LogP contribution >= 0.6 is 34.0 Å². The SMILES string of the molecule is C(=Cc1ccc(-c2ccc3sc4ccc(N(c5ccc6sc7ccc(-c8ccc(C=Cc9ccccc9)cc8)cc7c6c5)c5ccc6sc7ccc(-c8ccc(C=Cc9ccccc9)cc8)cc7c6c5)cc4c3c2)cc1)c1ccccc1. The van der Waals surface area contributed by atoms with Crippen molar-refractivity contribution in [1.29, 1.82) is 0 Å². The number of thiophene rings is 3. The first-order chi connectivity index (χ1) is 40.5. The Morgan fingerprint density at radius 3 is 0.683 bits per heavy atom. The summed E-state index contributed by atoms with van der Waals surface area (Å²) in [6, 6.07) is 100. The quantitative estimate of drug-likeness (QED) is 0.110. The Morgan fingerprint density at radius 2 is 0.415 bits per heavy atom. The molecule has 4 heteroatoms. The van der Waals surface area contributed by atoms with E-state index in [1.54, 1.807) is 0 Å². The Bertz CT molecular complexity index is 4430. The Kier molecular flexibility index (Phi) is 12.9. The number of rotatable bonds is 12. The second kappa shape index (κ2) is 21.4. The van der Waals surface area contributed by atoms with Gasteiger partial charge in [-0.25, -0.2) is 0 Å². The van der Waals surface area contributed by atoms with E-state index in [0.29, 0.717) is 0 Å². The fraction of sp³-hybridized carbons (Fsp3) is 0. The summed E-state index contributed by atoms with van der Waals surface area (Å²) in [5.74, 6) is 0. The van der Waals surface area contributed by atoms with Gasteiger partial charge in [0.1, 0.15) is 0 Å². The van der Waals surface area contributed by atoms with E-state index in [1.165, 1.54) is 127 Å². The first kappa shape index (κ1) is 49.4. The van der Waals surface area contributed by atoms with Gasteiger partial charge in [0.25, 0.3) is 0 Å². The zero-order valence-corrected chi connectivity index (χ0v) is 47.1. The molecule has 3 aromatic heterocycles. The average Bonchev–Trinajstić information content (AvgIpc) is 4.35. The van der Waals surface area contributed by atoms with Crippen LogP contribution in [0.1, 0.15) is 33.4 Å². The van der Waals surface area contributed by atoms with E-state index in [0.717, 1.165) is 17.1 Å². The fourth-order valence-electron chi connectivity index (χ4n) is 11.3. The lowest BCUT2D eigenvalue weighted by Gasteiger charge is -2.26. The Labute approximate surface area is 489 Å². The number of hydrogen-bond acceptors (Lipinski definition) is 4. The van der Waals surface area contributed by atoms with Crippen molar-refractivity contribution in [3.8, 4) is 33.4 Å². The lowest BCUT2D eigenvalue weighted by Crippen LogP contribution is -2.09. The summed E-state index contributed by atoms with van der Waals surface area (Å²) in [7, 11) is 0. The van der Waals surface area contributed by atoms with Gasteiger partial charge in [-0.15, -0.1) is 34.0 Å². The molecule has 0 bridgehead atoms. The smallest absolute Gasteiger partial charge is 0.0468 e. The molecule has 0 radical (unpaired) electrons. The van der Waals surface area contributed by atoms with Gasteiger partial charge >= 0.3 is 0 Å². The summed E-state index contributed by atoms with van der Waals surface area (Å²) in [6.07, 6.45) is 13.1. The van der Waals surface area contributed by atoms with Crippen molar-refractivity contribution in [2.45, 2.75) is 0 Å². The highest BCUT2D eigenvalue weighted by Crippen LogP contribution is 2.47. The molecule has 0 fully saturated rings. The van der Waals surface area contributed by atoms with Crippen molar-refractivity contribution in [3.63, 3.8) is 0 Å². The third-order valence-corrected chi connectivity index (χ3v) is 19.1. The average molecular weight is 1100 g/mol. The van der Waals surface area contributed by atoms with E-state index in [-0.39, 0.29) is 0 Å². The van der Waals surface area contributed by atoms with Crippen LogP contribution in [0.15, 0.2) is 273 Å². The lowest BCUT2D eigenvalue weighted by molar-refractivity contribution is 1.30. The number of nitrogens with zero attached hydrogens (tertiary/aromatic N) is 1. The van der Waals surface area contributed by atoms with Crippen LogP contribution in [0.25, 0.3) is 130 Å². The number of fused-ring (bicyclic) bond motifs is 9. The van der Waals surface area contributed by atoms with E-state index in [1.807, 2.05) is 34.0 Å². The van der Waals surface area contributed by atoms with E-state index >= 15 is 0 Å². The molecule has 82 heavy (non-hydrogen) atoms. The van der Waals surface area contributed by atoms with Gasteiger partial charge in [0.05, 0.1) is 0 Å². The van der Waals surface area contributed by atoms with Crippen LogP contribution in [0.3, 0.4) is 0 Å². The lowest BCUT2D eigenvalue weighted by atomic mass is 10.0. The summed E-state index contributed by atoms with van der Waals surface area (Å²) >= 11 is 5.59. The highest BCUT2D eigenvalue weighted by atomic mass is 32.1. The van der Waals surface area contributed by atoms with Gasteiger partial charge in [0.2, 0.25) is 0 Å². The first-order valence-electron chi connectivity index (χ1n) is 27.8. The zero-order chi connectivity index (χ0) is 54.3. The maximum atomic E-state index is 2.48. The standard InChI is InChI=1S/C78H51NS3/c1-4-10-52(11-5-1)16-19-55-22-28-58(29-23-55)61-34-40-73-67(46-61)70-49-64(37-43-76(70)80-73)79(65-38-44-77-71(50-65)68-47-62(35-41-74(68)81-77)59-30-24-56(25-31-59)20-17-53-12-6-2-7-13-53)66-39-45-78-72(51-66)69-48-63(36-42-75(69)82-78)60-32-26-57(27-33-60)21-18-54-14-8-3-9-15-54/h1-51H. The molecule has 1 nitrogen and oxygen atoms in total. The number of anilines is 3. The second-order valence-corrected chi connectivity index (χ2v) is 24.2. The van der Waals surface area contributed by atoms with Crippen LogP contribution < -0.4 is 4.90 Å². The third-order valence-electron chi connectivity index (χ3n) is 15.7. The second-order valence-electron chi connectivity index (χ2n) is 20.9. The minimum Gasteiger partial charge on any atom is -0.310 e. The van der Waals surface area contributed by atoms with E-state index < -0.39 is 0 Å². The van der Waals surface area contributed by atoms with Gasteiger partial charge in [-0.1, -0.05) is 218 Å². The summed E-state index contributed by atoms with van der Waals surface area (Å²) in [4.78, 5) is 2.48. The Balaban J connectivity index is 0.823. The molecule has 12 aromatic carbocycles. The van der Waals surface area contributed by atoms with Crippen molar-refractivity contribution in [2.75, 3.05) is 4.90 Å². The molecule has 0 atom stereocenters. The largest absolute Gasteiger partial charge is 0.310 e. The molecule has 0 saturated heterocycles. The summed E-state index contributed by atoms with van der Waals surface area (Å²) in [5, 5.41) is 7.58. The Hall–Kier alpha value is -9.68. The minimum atomic E-state index is 1.12. The summed E-state index contributed by atoms with van der Waals surface area (Å²) in [6.45, 7) is 0. The third kappa shape index (κ3) is 9.84. The maximum Gasteiger partial charge on any atom is 0.0468 e. The van der Waals surface area contributed by atoms with E-state index in [9.17, 15) is 0 Å². The van der Waals surface area contributed by atoms with Gasteiger partial charge in [0.15, 0.2) is 0 Å². The van der Waals surface area contributed by atoms with Crippen LogP contribution in [0, 0.1) is 0 Å². The van der Waals surface area contributed by atoms with Crippen LogP contribution in [0.2, 0.25) is 0 Å². The van der Waals surface area contributed by atoms with Crippen molar-refractivity contribution >= 4 is 148 Å². The zero-order valence-electron chi connectivity index (χ0n) is 44.6. The molecule has 0 saturated carbocycles. The highest BCUT2D eigenvalue weighted by molar-refractivity contribution is 7.26. The molecule has 15 rings (SSSR count). The van der Waals surface area contributed by atoms with Crippen LogP contribution in [-0.2, 0) is 0 Å². The molecule has 0 unspecified atom stereocenters. The van der Waals surface area contributed by atoms with Crippen LogP contribution in [0.5, 0.6) is 0 Å². The molecule has 0 aliphatic carbocycles. The van der Waals surface area contributed by atoms with Gasteiger partial charge in [0, 0.05) is 77.6 Å². The molecule has 386 valence electrons. The molecule has 0 amide bonds. The molecule has 0 aliphatic heterocycles. The molecule has 3 heterocycles. The van der Waals surface area contributed by atoms with Gasteiger partial charge in [-0.2, -0.15) is 0 Å². The van der Waals surface area contributed by atoms with Gasteiger partial charge < -0.3 is 4.90 Å². The van der Waals surface area contributed by atoms with Crippen molar-refractivity contribution in [3.05, 3.63) is 306 Å². The van der Waals surface area contributed by atoms with Crippen molar-refractivity contribution < 1.29 is 0 Å². The highest BCUT2D eigenvalue weighted by Gasteiger charge is 2.20. The molecule has 0 N–H and O–H groups in total. The molecule has 0 aliphatic rings. The normalized spacial score (nSPS) is 12.0. The molecular weight excluding hydrogens is 1050 g/mol. The predicted octanol–water partition coefficient (Wildman–Crippen LogP) is 23.8. The summed E-state index contributed by atoms with van der Waals surface area (Å²) in [5.41, 5.74) is 17.7. The van der Waals surface area contributed by atoms with Crippen LogP contribution in [0.4, 0.5) is 17.1 Å². The van der Waals surface area contributed by atoms with Crippen LogP contribution in [-0.4, -0.2) is 0 Å². The molecule has 15 aromatic rings. The van der Waals surface area contributed by atoms with Crippen molar-refractivity contribution in [2.24, 2.45) is 0 Å². The molecule has 0 spiro atoms. The fourth-order valence-corrected chi connectivity index (χ4v) is 14.5. The van der Waals surface area contributed by atoms with E-state index in [2.05, 4.69) is 314 Å².